The maximum Gasteiger partial charge on any atom is 0.147 e. The van der Waals surface area contributed by atoms with Gasteiger partial charge in [-0.25, -0.2) is 13.2 Å². The third-order valence-electron chi connectivity index (χ3n) is 7.22. The number of pyridine rings is 1. The number of fused-ring (bicyclic) bond motifs is 1. The first-order valence-electron chi connectivity index (χ1n) is 12.2. The van der Waals surface area contributed by atoms with Crippen LogP contribution in [0.2, 0.25) is 0 Å². The van der Waals surface area contributed by atoms with Gasteiger partial charge in [0.25, 0.3) is 0 Å². The third-order valence-corrected chi connectivity index (χ3v) is 7.22. The van der Waals surface area contributed by atoms with Crippen molar-refractivity contribution in [1.29, 1.82) is 0 Å². The fourth-order valence-corrected chi connectivity index (χ4v) is 4.97. The van der Waals surface area contributed by atoms with Gasteiger partial charge in [0.05, 0.1) is 24.9 Å². The lowest BCUT2D eigenvalue weighted by Gasteiger charge is -2.41. The van der Waals surface area contributed by atoms with Gasteiger partial charge in [0, 0.05) is 42.4 Å². The zero-order chi connectivity index (χ0) is 25.7. The zero-order valence-electron chi connectivity index (χ0n) is 20.3. The van der Waals surface area contributed by atoms with Crippen LogP contribution >= 0.6 is 0 Å². The lowest BCUT2D eigenvalue weighted by atomic mass is 9.74. The Morgan fingerprint density at radius 3 is 2.50 bits per heavy atom. The van der Waals surface area contributed by atoms with E-state index in [1.807, 2.05) is 0 Å². The summed E-state index contributed by atoms with van der Waals surface area (Å²) in [5.74, 6) is -1.25. The van der Waals surface area contributed by atoms with E-state index >= 15 is 0 Å². The van der Waals surface area contributed by atoms with Crippen molar-refractivity contribution in [2.45, 2.75) is 31.8 Å². The Labute approximate surface area is 208 Å². The van der Waals surface area contributed by atoms with Gasteiger partial charge in [-0.05, 0) is 74.5 Å². The van der Waals surface area contributed by atoms with Crippen molar-refractivity contribution in [3.63, 3.8) is 0 Å². The summed E-state index contributed by atoms with van der Waals surface area (Å²) in [7, 11) is 1.53. The number of rotatable bonds is 10. The Balaban J connectivity index is 1.33. The van der Waals surface area contributed by atoms with Crippen molar-refractivity contribution in [2.75, 3.05) is 45.2 Å². The largest absolute Gasteiger partial charge is 0.497 e. The number of ether oxygens (including phenoxy) is 1. The van der Waals surface area contributed by atoms with Crippen LogP contribution in [0.25, 0.3) is 10.9 Å². The van der Waals surface area contributed by atoms with E-state index < -0.39 is 23.6 Å². The molecule has 1 aliphatic heterocycles. The Bertz CT molecular complexity index is 1170. The highest BCUT2D eigenvalue weighted by molar-refractivity contribution is 5.84. The van der Waals surface area contributed by atoms with Crippen molar-refractivity contribution in [1.82, 2.24) is 9.88 Å². The molecule has 4 rings (SSSR count). The predicted octanol–water partition coefficient (Wildman–Crippen LogP) is 4.66. The molecule has 0 amide bonds. The van der Waals surface area contributed by atoms with E-state index in [0.29, 0.717) is 48.3 Å². The Kier molecular flexibility index (Phi) is 8.33. The number of halogens is 3. The highest BCUT2D eigenvalue weighted by atomic mass is 19.1. The molecule has 2 aromatic carbocycles. The van der Waals surface area contributed by atoms with Gasteiger partial charge in [0.1, 0.15) is 23.2 Å². The first kappa shape index (κ1) is 26.2. The molecule has 3 N–H and O–H groups in total. The van der Waals surface area contributed by atoms with Gasteiger partial charge >= 0.3 is 0 Å². The van der Waals surface area contributed by atoms with E-state index in [0.717, 1.165) is 38.2 Å². The monoisotopic (exact) mass is 503 g/mol. The second-order valence-electron chi connectivity index (χ2n) is 9.54. The average Bonchev–Trinajstić information content (AvgIpc) is 2.87. The Hall–Kier alpha value is -2.88. The molecule has 0 radical (unpaired) electrons. The summed E-state index contributed by atoms with van der Waals surface area (Å²) in [5.41, 5.74) is 0.820. The van der Waals surface area contributed by atoms with Crippen LogP contribution in [0.15, 0.2) is 42.6 Å². The number of nitrogens with one attached hydrogen (secondary N) is 1. The van der Waals surface area contributed by atoms with E-state index in [4.69, 9.17) is 4.74 Å². The lowest BCUT2D eigenvalue weighted by Crippen LogP contribution is -2.43. The first-order chi connectivity index (χ1) is 17.3. The van der Waals surface area contributed by atoms with Crippen LogP contribution < -0.4 is 10.1 Å². The number of anilines is 1. The van der Waals surface area contributed by atoms with E-state index in [-0.39, 0.29) is 17.6 Å². The van der Waals surface area contributed by atoms with Crippen molar-refractivity contribution < 1.29 is 28.1 Å². The molecule has 0 aliphatic carbocycles. The summed E-state index contributed by atoms with van der Waals surface area (Å²) in [6, 6.07) is 8.50. The van der Waals surface area contributed by atoms with Crippen LogP contribution in [-0.2, 0) is 0 Å². The van der Waals surface area contributed by atoms with Crippen molar-refractivity contribution in [2.24, 2.45) is 5.41 Å². The van der Waals surface area contributed by atoms with Crippen molar-refractivity contribution >= 4 is 16.6 Å². The number of hydrogen-bond donors (Lipinski definition) is 3. The smallest absolute Gasteiger partial charge is 0.147 e. The minimum atomic E-state index is -1.04. The number of hydrogen-bond acceptors (Lipinski definition) is 6. The maximum atomic E-state index is 14.7. The summed E-state index contributed by atoms with van der Waals surface area (Å²) >= 11 is 0. The number of benzene rings is 2. The molecule has 2 heterocycles. The first-order valence-corrected chi connectivity index (χ1v) is 12.2. The standard InChI is InChI=1S/C27H32F3N3O3/c1-36-21-2-3-24-22(15-21)26(23(30)16-32-24)25(35)4-5-27(17-34)6-9-33(10-7-27)11-8-31-20-13-18(28)12-19(29)14-20/h2-3,12-16,25,31,34-35H,4-11,17H2,1H3/t25-/m1/s1. The molecule has 0 bridgehead atoms. The molecule has 9 heteroatoms. The summed E-state index contributed by atoms with van der Waals surface area (Å²) in [4.78, 5) is 6.34. The van der Waals surface area contributed by atoms with Gasteiger partial charge in [-0.3, -0.25) is 4.98 Å². The van der Waals surface area contributed by atoms with Crippen LogP contribution in [0.5, 0.6) is 5.75 Å². The maximum absolute atomic E-state index is 14.7. The topological polar surface area (TPSA) is 77.8 Å². The minimum absolute atomic E-state index is 0.0121. The van der Waals surface area contributed by atoms with Gasteiger partial charge < -0.3 is 25.2 Å². The molecule has 36 heavy (non-hydrogen) atoms. The Morgan fingerprint density at radius 2 is 1.83 bits per heavy atom. The van der Waals surface area contributed by atoms with Crippen molar-refractivity contribution in [3.8, 4) is 5.75 Å². The molecule has 3 aromatic rings. The van der Waals surface area contributed by atoms with Crippen LogP contribution in [-0.4, -0.2) is 60.0 Å². The zero-order valence-corrected chi connectivity index (χ0v) is 20.3. The van der Waals surface area contributed by atoms with Crippen LogP contribution in [0, 0.1) is 22.9 Å². The number of nitrogens with zero attached hydrogens (tertiary/aromatic N) is 2. The number of aliphatic hydroxyl groups excluding tert-OH is 2. The van der Waals surface area contributed by atoms with Crippen LogP contribution in [0.3, 0.4) is 0 Å². The molecular weight excluding hydrogens is 471 g/mol. The molecule has 1 aromatic heterocycles. The van der Waals surface area contributed by atoms with Gasteiger partial charge in [-0.15, -0.1) is 0 Å². The third kappa shape index (κ3) is 6.08. The molecule has 0 saturated carbocycles. The number of piperidine rings is 1. The molecular formula is C27H32F3N3O3. The summed E-state index contributed by atoms with van der Waals surface area (Å²) in [6.45, 7) is 2.71. The molecule has 1 atom stereocenters. The lowest BCUT2D eigenvalue weighted by molar-refractivity contribution is 0.0244. The second-order valence-corrected chi connectivity index (χ2v) is 9.54. The average molecular weight is 504 g/mol. The van der Waals surface area contributed by atoms with E-state index in [1.54, 1.807) is 18.2 Å². The van der Waals surface area contributed by atoms with E-state index in [9.17, 15) is 23.4 Å². The molecule has 1 saturated heterocycles. The molecule has 1 fully saturated rings. The summed E-state index contributed by atoms with van der Waals surface area (Å²) < 4.78 is 46.7. The molecule has 1 aliphatic rings. The van der Waals surface area contributed by atoms with E-state index in [2.05, 4.69) is 15.2 Å². The second kappa shape index (κ2) is 11.5. The molecule has 0 spiro atoms. The number of aliphatic hydroxyl groups is 2. The van der Waals surface area contributed by atoms with Crippen LogP contribution in [0.1, 0.15) is 37.4 Å². The Morgan fingerprint density at radius 1 is 1.11 bits per heavy atom. The number of likely N-dealkylation sites (tertiary alicyclic amines) is 1. The van der Waals surface area contributed by atoms with Crippen LogP contribution in [0.4, 0.5) is 18.9 Å². The van der Waals surface area contributed by atoms with Gasteiger partial charge in [-0.1, -0.05) is 0 Å². The molecule has 6 nitrogen and oxygen atoms in total. The van der Waals surface area contributed by atoms with Gasteiger partial charge in [0.2, 0.25) is 0 Å². The summed E-state index contributed by atoms with van der Waals surface area (Å²) in [6.07, 6.45) is 2.41. The highest BCUT2D eigenvalue weighted by Crippen LogP contribution is 2.39. The fraction of sp³-hybridized carbons (Fsp3) is 0.444. The highest BCUT2D eigenvalue weighted by Gasteiger charge is 2.34. The fourth-order valence-electron chi connectivity index (χ4n) is 4.97. The molecule has 194 valence electrons. The normalized spacial score (nSPS) is 16.7. The number of aromatic nitrogens is 1. The number of methoxy groups -OCH3 is 1. The van der Waals surface area contributed by atoms with E-state index in [1.165, 1.54) is 19.2 Å². The SMILES string of the molecule is COc1ccc2ncc(F)c([C@H](O)CCC3(CO)CCN(CCNc4cc(F)cc(F)c4)CC3)c2c1. The van der Waals surface area contributed by atoms with Crippen molar-refractivity contribution in [3.05, 3.63) is 65.6 Å². The quantitative estimate of drug-likeness (QED) is 0.374. The van der Waals surface area contributed by atoms with Gasteiger partial charge in [0.15, 0.2) is 0 Å². The van der Waals surface area contributed by atoms with Gasteiger partial charge in [-0.2, -0.15) is 0 Å². The predicted molar refractivity (Wildman–Crippen MR) is 132 cm³/mol. The summed E-state index contributed by atoms with van der Waals surface area (Å²) in [5, 5.41) is 24.7. The molecule has 0 unspecified atom stereocenters. The minimum Gasteiger partial charge on any atom is -0.497 e.